The Bertz CT molecular complexity index is 888. The third-order valence-electron chi connectivity index (χ3n) is 3.42. The first-order chi connectivity index (χ1) is 11.6. The highest BCUT2D eigenvalue weighted by Gasteiger charge is 2.13. The molecule has 0 saturated heterocycles. The second kappa shape index (κ2) is 7.10. The van der Waals surface area contributed by atoms with E-state index in [1.165, 1.54) is 4.68 Å². The number of carboxylic acid groups (broad SMARTS) is 1. The van der Waals surface area contributed by atoms with E-state index in [9.17, 15) is 4.79 Å². The minimum absolute atomic E-state index is 0.0368. The molecular formula is C17H16N4O2S. The maximum Gasteiger partial charge on any atom is 0.305 e. The van der Waals surface area contributed by atoms with Gasteiger partial charge < -0.3 is 10.4 Å². The molecule has 1 heterocycles. The maximum atomic E-state index is 10.8. The van der Waals surface area contributed by atoms with Crippen molar-refractivity contribution in [2.24, 2.45) is 0 Å². The van der Waals surface area contributed by atoms with Crippen LogP contribution < -0.4 is 5.32 Å². The molecule has 3 rings (SSSR count). The molecule has 0 aliphatic rings. The van der Waals surface area contributed by atoms with Crippen molar-refractivity contribution in [2.75, 3.05) is 5.32 Å². The molecule has 0 aliphatic carbocycles. The third-order valence-corrected chi connectivity index (χ3v) is 3.81. The second-order valence-corrected chi connectivity index (χ2v) is 5.50. The fraction of sp³-hybridized carbons (Fsp3) is 0.118. The highest BCUT2D eigenvalue weighted by atomic mass is 32.1. The van der Waals surface area contributed by atoms with Gasteiger partial charge in [0.15, 0.2) is 0 Å². The zero-order valence-corrected chi connectivity index (χ0v) is 13.6. The van der Waals surface area contributed by atoms with Crippen molar-refractivity contribution in [3.8, 4) is 5.69 Å². The van der Waals surface area contributed by atoms with Gasteiger partial charge >= 0.3 is 5.97 Å². The first-order valence-electron chi connectivity index (χ1n) is 7.44. The molecule has 2 aromatic carbocycles. The topological polar surface area (TPSA) is 72.1 Å². The highest BCUT2D eigenvalue weighted by molar-refractivity contribution is 7.71. The quantitative estimate of drug-likeness (QED) is 0.671. The molecule has 0 saturated carbocycles. The number of hydrogen-bond donors (Lipinski definition) is 2. The summed E-state index contributed by atoms with van der Waals surface area (Å²) in [6.45, 7) is 0.220. The van der Waals surface area contributed by atoms with E-state index in [1.54, 1.807) is 4.57 Å². The van der Waals surface area contributed by atoms with E-state index in [0.717, 1.165) is 11.4 Å². The molecule has 0 bridgehead atoms. The Labute approximate surface area is 144 Å². The minimum Gasteiger partial charge on any atom is -0.481 e. The lowest BCUT2D eigenvalue weighted by Gasteiger charge is -2.08. The first kappa shape index (κ1) is 15.9. The van der Waals surface area contributed by atoms with Gasteiger partial charge in [0.05, 0.1) is 18.7 Å². The van der Waals surface area contributed by atoms with Gasteiger partial charge in [0.1, 0.15) is 0 Å². The number of aliphatic carboxylic acids is 1. The smallest absolute Gasteiger partial charge is 0.305 e. The van der Waals surface area contributed by atoms with E-state index in [2.05, 4.69) is 10.4 Å². The summed E-state index contributed by atoms with van der Waals surface area (Å²) in [7, 11) is 0. The summed E-state index contributed by atoms with van der Waals surface area (Å²) in [5.74, 6) is -0.341. The number of carboxylic acids is 1. The Morgan fingerprint density at radius 1 is 1.08 bits per heavy atom. The number of para-hydroxylation sites is 2. The molecule has 2 N–H and O–H groups in total. The molecule has 0 unspecified atom stereocenters. The van der Waals surface area contributed by atoms with Crippen molar-refractivity contribution in [1.82, 2.24) is 14.3 Å². The average molecular weight is 340 g/mol. The third kappa shape index (κ3) is 3.52. The lowest BCUT2D eigenvalue weighted by Crippen LogP contribution is -2.06. The van der Waals surface area contributed by atoms with Gasteiger partial charge in [-0.3, -0.25) is 9.36 Å². The van der Waals surface area contributed by atoms with Gasteiger partial charge in [0.2, 0.25) is 10.7 Å². The van der Waals surface area contributed by atoms with Gasteiger partial charge in [-0.2, -0.15) is 0 Å². The van der Waals surface area contributed by atoms with Crippen LogP contribution in [0.4, 0.5) is 11.6 Å². The second-order valence-electron chi connectivity index (χ2n) is 5.14. The van der Waals surface area contributed by atoms with Crippen LogP contribution in [-0.4, -0.2) is 25.4 Å². The molecular weight excluding hydrogens is 324 g/mol. The standard InChI is InChI=1S/C17H16N4O2S/c22-15(23)11-12-20-17(24)21(14-9-5-2-6-10-14)16(19-20)18-13-7-3-1-4-8-13/h1-10H,11-12H2,(H,18,19)(H,22,23). The zero-order chi connectivity index (χ0) is 16.9. The monoisotopic (exact) mass is 340 g/mol. The van der Waals surface area contributed by atoms with Crippen molar-refractivity contribution in [3.63, 3.8) is 0 Å². The number of anilines is 2. The average Bonchev–Trinajstić information content (AvgIpc) is 2.90. The fourth-order valence-electron chi connectivity index (χ4n) is 2.30. The van der Waals surface area contributed by atoms with Gasteiger partial charge in [-0.1, -0.05) is 36.4 Å². The van der Waals surface area contributed by atoms with Gasteiger partial charge in [-0.25, -0.2) is 4.68 Å². The number of aromatic nitrogens is 3. The Morgan fingerprint density at radius 2 is 1.71 bits per heavy atom. The summed E-state index contributed by atoms with van der Waals surface area (Å²) in [5.41, 5.74) is 1.74. The Morgan fingerprint density at radius 3 is 2.33 bits per heavy atom. The predicted molar refractivity (Wildman–Crippen MR) is 94.4 cm³/mol. The molecule has 7 heteroatoms. The van der Waals surface area contributed by atoms with E-state index >= 15 is 0 Å². The number of rotatable bonds is 6. The van der Waals surface area contributed by atoms with Crippen LogP contribution in [0.15, 0.2) is 60.7 Å². The summed E-state index contributed by atoms with van der Waals surface area (Å²) in [6, 6.07) is 19.2. The van der Waals surface area contributed by atoms with Crippen molar-refractivity contribution in [2.45, 2.75) is 13.0 Å². The van der Waals surface area contributed by atoms with Crippen molar-refractivity contribution in [1.29, 1.82) is 0 Å². The van der Waals surface area contributed by atoms with Crippen LogP contribution in [0.5, 0.6) is 0 Å². The van der Waals surface area contributed by atoms with Crippen molar-refractivity contribution in [3.05, 3.63) is 65.4 Å². The summed E-state index contributed by atoms with van der Waals surface area (Å²) in [4.78, 5) is 10.8. The molecule has 122 valence electrons. The molecule has 1 aromatic heterocycles. The molecule has 0 aliphatic heterocycles. The largest absolute Gasteiger partial charge is 0.481 e. The van der Waals surface area contributed by atoms with Crippen LogP contribution in [0, 0.1) is 4.77 Å². The molecule has 6 nitrogen and oxygen atoms in total. The first-order valence-corrected chi connectivity index (χ1v) is 7.85. The molecule has 0 fully saturated rings. The van der Waals surface area contributed by atoms with Crippen molar-refractivity contribution >= 4 is 29.8 Å². The Balaban J connectivity index is 2.03. The van der Waals surface area contributed by atoms with Gasteiger partial charge in [0.25, 0.3) is 0 Å². The van der Waals surface area contributed by atoms with Gasteiger partial charge in [-0.05, 0) is 36.5 Å². The van der Waals surface area contributed by atoms with Crippen LogP contribution in [0.3, 0.4) is 0 Å². The van der Waals surface area contributed by atoms with Crippen LogP contribution in [-0.2, 0) is 11.3 Å². The van der Waals surface area contributed by atoms with E-state index in [-0.39, 0.29) is 13.0 Å². The Kier molecular flexibility index (Phi) is 4.72. The number of nitrogens with zero attached hydrogens (tertiary/aromatic N) is 3. The zero-order valence-electron chi connectivity index (χ0n) is 12.8. The number of carbonyl (C=O) groups is 1. The highest BCUT2D eigenvalue weighted by Crippen LogP contribution is 2.20. The molecule has 0 amide bonds. The van der Waals surface area contributed by atoms with Crippen LogP contribution in [0.1, 0.15) is 6.42 Å². The van der Waals surface area contributed by atoms with E-state index in [4.69, 9.17) is 17.3 Å². The molecule has 0 radical (unpaired) electrons. The van der Waals surface area contributed by atoms with Crippen LogP contribution >= 0.6 is 12.2 Å². The van der Waals surface area contributed by atoms with E-state index in [1.807, 2.05) is 60.7 Å². The lowest BCUT2D eigenvalue weighted by molar-refractivity contribution is -0.137. The number of aryl methyl sites for hydroxylation is 1. The number of hydrogen-bond acceptors (Lipinski definition) is 4. The summed E-state index contributed by atoms with van der Waals surface area (Å²) in [5, 5.41) is 16.6. The summed E-state index contributed by atoms with van der Waals surface area (Å²) < 4.78 is 3.77. The number of benzene rings is 2. The van der Waals surface area contributed by atoms with Crippen LogP contribution in [0.2, 0.25) is 0 Å². The predicted octanol–water partition coefficient (Wildman–Crippen LogP) is 3.62. The lowest BCUT2D eigenvalue weighted by atomic mass is 10.3. The SMILES string of the molecule is O=C(O)CCn1nc(Nc2ccccc2)n(-c2ccccc2)c1=S. The molecule has 0 atom stereocenters. The summed E-state index contributed by atoms with van der Waals surface area (Å²) in [6.07, 6.45) is -0.0368. The number of nitrogens with one attached hydrogen (secondary N) is 1. The molecule has 3 aromatic rings. The molecule has 24 heavy (non-hydrogen) atoms. The van der Waals surface area contributed by atoms with Gasteiger partial charge in [-0.15, -0.1) is 5.10 Å². The Hall–Kier alpha value is -2.93. The van der Waals surface area contributed by atoms with Gasteiger partial charge in [0, 0.05) is 5.69 Å². The fourth-order valence-corrected chi connectivity index (χ4v) is 2.62. The minimum atomic E-state index is -0.885. The summed E-state index contributed by atoms with van der Waals surface area (Å²) >= 11 is 5.49. The normalized spacial score (nSPS) is 10.5. The van der Waals surface area contributed by atoms with E-state index in [0.29, 0.717) is 10.7 Å². The van der Waals surface area contributed by atoms with Crippen molar-refractivity contribution < 1.29 is 9.90 Å². The van der Waals surface area contributed by atoms with E-state index < -0.39 is 5.97 Å². The molecule has 0 spiro atoms. The van der Waals surface area contributed by atoms with Crippen LogP contribution in [0.25, 0.3) is 5.69 Å². The maximum absolute atomic E-state index is 10.8.